The van der Waals surface area contributed by atoms with E-state index in [2.05, 4.69) is 26.7 Å². The van der Waals surface area contributed by atoms with Crippen LogP contribution in [0.1, 0.15) is 22.3 Å². The maximum Gasteiger partial charge on any atom is 0.264 e. The van der Waals surface area contributed by atoms with E-state index in [4.69, 9.17) is 21.1 Å². The third-order valence-corrected chi connectivity index (χ3v) is 5.63. The van der Waals surface area contributed by atoms with Crippen molar-refractivity contribution in [2.75, 3.05) is 5.32 Å². The molecule has 0 bridgehead atoms. The van der Waals surface area contributed by atoms with E-state index in [1.165, 1.54) is 0 Å². The largest absolute Gasteiger partial charge is 0.445 e. The molecule has 0 fully saturated rings. The molecule has 9 heteroatoms. The number of ether oxygens (including phenoxy) is 1. The summed E-state index contributed by atoms with van der Waals surface area (Å²) in [5, 5.41) is 24.0. The van der Waals surface area contributed by atoms with Gasteiger partial charge in [0, 0.05) is 33.8 Å². The highest BCUT2D eigenvalue weighted by Gasteiger charge is 2.27. The second-order valence-corrected chi connectivity index (χ2v) is 7.89. The first-order valence-electron chi connectivity index (χ1n) is 10.9. The van der Waals surface area contributed by atoms with Gasteiger partial charge in [-0.1, -0.05) is 54.6 Å². The quantitative estimate of drug-likeness (QED) is 0.175. The summed E-state index contributed by atoms with van der Waals surface area (Å²) in [6, 6.07) is 24.2. The van der Waals surface area contributed by atoms with E-state index in [9.17, 15) is 4.79 Å². The smallest absolute Gasteiger partial charge is 0.264 e. The van der Waals surface area contributed by atoms with Crippen LogP contribution in [0.4, 0.5) is 5.69 Å². The molecular weight excluding hydrogens is 442 g/mol. The number of carbonyl (C=O) groups is 1. The molecule has 5 rings (SSSR count). The molecule has 1 aliphatic heterocycles. The van der Waals surface area contributed by atoms with Crippen molar-refractivity contribution in [3.8, 4) is 6.07 Å². The summed E-state index contributed by atoms with van der Waals surface area (Å²) in [5.74, 6) is -0.588. The summed E-state index contributed by atoms with van der Waals surface area (Å²) in [6.07, 6.45) is -0.629. The predicted molar refractivity (Wildman–Crippen MR) is 133 cm³/mol. The molecule has 0 saturated carbocycles. The van der Waals surface area contributed by atoms with Crippen molar-refractivity contribution in [1.29, 1.82) is 10.7 Å². The Labute approximate surface area is 200 Å². The number of rotatable bonds is 5. The fourth-order valence-electron chi connectivity index (χ4n) is 3.94. The zero-order chi connectivity index (χ0) is 24.4. The Bertz CT molecular complexity index is 1500. The van der Waals surface area contributed by atoms with Crippen LogP contribution >= 0.6 is 0 Å². The summed E-state index contributed by atoms with van der Waals surface area (Å²) in [7, 11) is 0. The van der Waals surface area contributed by atoms with Crippen LogP contribution in [0.25, 0.3) is 10.9 Å². The van der Waals surface area contributed by atoms with Gasteiger partial charge in [-0.05, 0) is 18.2 Å². The summed E-state index contributed by atoms with van der Waals surface area (Å²) >= 11 is 0. The van der Waals surface area contributed by atoms with Crippen LogP contribution in [0.2, 0.25) is 0 Å². The molecule has 2 heterocycles. The van der Waals surface area contributed by atoms with E-state index in [0.29, 0.717) is 28.0 Å². The Kier molecular flexibility index (Phi) is 5.81. The van der Waals surface area contributed by atoms with Gasteiger partial charge in [-0.3, -0.25) is 20.9 Å². The van der Waals surface area contributed by atoms with Gasteiger partial charge >= 0.3 is 0 Å². The number of anilines is 1. The summed E-state index contributed by atoms with van der Waals surface area (Å²) in [6.45, 7) is 0. The van der Waals surface area contributed by atoms with Gasteiger partial charge in [-0.2, -0.15) is 5.26 Å². The molecule has 6 N–H and O–H groups in total. The number of hydrogen-bond acceptors (Lipinski definition) is 7. The van der Waals surface area contributed by atoms with Crippen molar-refractivity contribution in [3.63, 3.8) is 0 Å². The number of aliphatic imine (C=N–C) groups is 1. The van der Waals surface area contributed by atoms with Gasteiger partial charge in [0.2, 0.25) is 12.2 Å². The number of hydrogen-bond donors (Lipinski definition) is 5. The Morgan fingerprint density at radius 3 is 2.71 bits per heavy atom. The first-order chi connectivity index (χ1) is 17.0. The van der Waals surface area contributed by atoms with Gasteiger partial charge in [0.25, 0.3) is 5.91 Å². The highest BCUT2D eigenvalue weighted by molar-refractivity contribution is 6.19. The topological polar surface area (TPSA) is 152 Å². The van der Waals surface area contributed by atoms with Crippen molar-refractivity contribution in [1.82, 2.24) is 10.3 Å². The van der Waals surface area contributed by atoms with Gasteiger partial charge in [-0.15, -0.1) is 0 Å². The second-order valence-electron chi connectivity index (χ2n) is 7.89. The zero-order valence-electron chi connectivity index (χ0n) is 18.4. The lowest BCUT2D eigenvalue weighted by molar-refractivity contribution is -0.118. The van der Waals surface area contributed by atoms with Crippen LogP contribution < -0.4 is 16.4 Å². The Hall–Kier alpha value is -4.78. The van der Waals surface area contributed by atoms with Crippen molar-refractivity contribution in [3.05, 3.63) is 101 Å². The minimum atomic E-state index is -1.19. The number of aromatic nitrogens is 1. The molecule has 1 aromatic heterocycles. The summed E-state index contributed by atoms with van der Waals surface area (Å²) < 4.78 is 5.55. The monoisotopic (exact) mass is 463 g/mol. The molecular formula is C26H21N7O2. The number of aromatic amines is 1. The maximum absolute atomic E-state index is 12.9. The molecule has 9 nitrogen and oxygen atoms in total. The van der Waals surface area contributed by atoms with Gasteiger partial charge < -0.3 is 15.0 Å². The molecule has 0 radical (unpaired) electrons. The van der Waals surface area contributed by atoms with Crippen LogP contribution in [-0.4, -0.2) is 35.0 Å². The molecule has 35 heavy (non-hydrogen) atoms. The number of nitrogens with two attached hydrogens (primary N) is 1. The molecule has 3 aromatic carbocycles. The third-order valence-electron chi connectivity index (χ3n) is 5.63. The highest BCUT2D eigenvalue weighted by atomic mass is 16.5. The number of carbonyl (C=O) groups excluding carboxylic acids is 1. The van der Waals surface area contributed by atoms with E-state index < -0.39 is 18.4 Å². The first kappa shape index (κ1) is 22.0. The van der Waals surface area contributed by atoms with Crippen LogP contribution in [0.5, 0.6) is 0 Å². The molecule has 0 spiro atoms. The zero-order valence-corrected chi connectivity index (χ0v) is 18.4. The standard InChI is InChI=1S/C26H21N7O2/c27-13-17-14-30-21-12-16(10-11-18(17)21)23(28)35-26(29)33-24-25(34)31-20-9-5-4-8-19(20)22(32-24)15-6-2-1-3-7-15/h1-12,14,24,26,28,30,33H,29H2,(H,31,34). The molecule has 4 aromatic rings. The normalized spacial score (nSPS) is 15.8. The molecule has 172 valence electrons. The molecule has 1 aliphatic rings. The fourth-order valence-corrected chi connectivity index (χ4v) is 3.94. The summed E-state index contributed by atoms with van der Waals surface area (Å²) in [4.78, 5) is 20.6. The lowest BCUT2D eigenvalue weighted by atomic mass is 10.0. The second kappa shape index (κ2) is 9.23. The number of H-pyrrole nitrogens is 1. The number of nitrogens with zero attached hydrogens (tertiary/aromatic N) is 2. The van der Waals surface area contributed by atoms with Crippen molar-refractivity contribution in [2.45, 2.75) is 12.5 Å². The molecule has 0 aliphatic carbocycles. The predicted octanol–water partition coefficient (Wildman–Crippen LogP) is 3.03. The molecule has 2 unspecified atom stereocenters. The van der Waals surface area contributed by atoms with Crippen molar-refractivity contribution < 1.29 is 9.53 Å². The van der Waals surface area contributed by atoms with Gasteiger partial charge in [0.05, 0.1) is 17.0 Å². The summed E-state index contributed by atoms with van der Waals surface area (Å²) in [5.41, 5.74) is 10.7. The Morgan fingerprint density at radius 2 is 1.91 bits per heavy atom. The van der Waals surface area contributed by atoms with Gasteiger partial charge in [0.15, 0.2) is 6.17 Å². The number of benzodiazepines with no additional fused rings is 1. The van der Waals surface area contributed by atoms with Gasteiger partial charge in [-0.25, -0.2) is 5.32 Å². The van der Waals surface area contributed by atoms with Crippen LogP contribution in [-0.2, 0) is 9.53 Å². The van der Waals surface area contributed by atoms with Gasteiger partial charge in [0.1, 0.15) is 6.07 Å². The number of nitrogens with one attached hydrogen (secondary N) is 4. The Balaban J connectivity index is 1.37. The number of nitriles is 1. The molecule has 0 saturated heterocycles. The number of para-hydroxylation sites is 1. The van der Waals surface area contributed by atoms with E-state index in [1.807, 2.05) is 54.6 Å². The van der Waals surface area contributed by atoms with Crippen LogP contribution in [0.15, 0.2) is 84.0 Å². The van der Waals surface area contributed by atoms with E-state index in [-0.39, 0.29) is 5.90 Å². The third kappa shape index (κ3) is 4.39. The average Bonchev–Trinajstić information content (AvgIpc) is 3.23. The minimum absolute atomic E-state index is 0.190. The molecule has 2 atom stereocenters. The average molecular weight is 464 g/mol. The van der Waals surface area contributed by atoms with Crippen molar-refractivity contribution in [2.24, 2.45) is 10.7 Å². The lowest BCUT2D eigenvalue weighted by Crippen LogP contribution is -2.50. The number of amides is 1. The van der Waals surface area contributed by atoms with E-state index in [0.717, 1.165) is 16.5 Å². The maximum atomic E-state index is 12.9. The Morgan fingerprint density at radius 1 is 1.14 bits per heavy atom. The first-order valence-corrected chi connectivity index (χ1v) is 10.9. The van der Waals surface area contributed by atoms with Crippen molar-refractivity contribution >= 4 is 34.1 Å². The lowest BCUT2D eigenvalue weighted by Gasteiger charge is -2.20. The number of fused-ring (bicyclic) bond motifs is 2. The highest BCUT2D eigenvalue weighted by Crippen LogP contribution is 2.24. The van der Waals surface area contributed by atoms with Crippen LogP contribution in [0, 0.1) is 16.7 Å². The SMILES string of the molecule is N#Cc1c[nH]c2cc(C(=N)OC(N)NC3N=C(c4ccccc4)c4ccccc4NC3=O)ccc12. The van der Waals surface area contributed by atoms with E-state index >= 15 is 0 Å². The molecule has 1 amide bonds. The number of benzene rings is 3. The van der Waals surface area contributed by atoms with E-state index in [1.54, 1.807) is 24.4 Å². The van der Waals surface area contributed by atoms with Crippen LogP contribution in [0.3, 0.4) is 0 Å². The fraction of sp³-hybridized carbons (Fsp3) is 0.0769. The minimum Gasteiger partial charge on any atom is -0.445 e.